The van der Waals surface area contributed by atoms with Gasteiger partial charge in [-0.2, -0.15) is 13.2 Å². The van der Waals surface area contributed by atoms with Gasteiger partial charge >= 0.3 is 6.18 Å². The molecule has 0 radical (unpaired) electrons. The molecule has 2 aromatic rings. The molecule has 1 aliphatic rings. The fraction of sp³-hybridized carbons (Fsp3) is 0.529. The van der Waals surface area contributed by atoms with Crippen molar-refractivity contribution in [3.8, 4) is 0 Å². The number of piperidine rings is 1. The van der Waals surface area contributed by atoms with Crippen molar-refractivity contribution in [2.75, 3.05) is 18.0 Å². The fourth-order valence-electron chi connectivity index (χ4n) is 3.22. The maximum absolute atomic E-state index is 13.4. The highest BCUT2D eigenvalue weighted by Gasteiger charge is 2.36. The van der Waals surface area contributed by atoms with Crippen molar-refractivity contribution in [2.24, 2.45) is 12.8 Å². The molecular weight excluding hydrogens is 371 g/mol. The van der Waals surface area contributed by atoms with Gasteiger partial charge in [0.25, 0.3) is 11.5 Å². The number of alkyl halides is 5. The van der Waals surface area contributed by atoms with E-state index in [-0.39, 0.29) is 48.3 Å². The van der Waals surface area contributed by atoms with Crippen molar-refractivity contribution in [2.45, 2.75) is 37.9 Å². The number of benzene rings is 1. The summed E-state index contributed by atoms with van der Waals surface area (Å²) in [4.78, 5) is 18.6. The Morgan fingerprint density at radius 2 is 1.81 bits per heavy atom. The standard InChI is InChI=1S/C17H19F5N4O/c1-9(23)11-7-10(17(20,21)22)8-12-13(11)24-15(25(2)14(12)27)26-5-3-16(18,19)4-6-26/h7-9H,3-6,23H2,1-2H3/t9-/m1/s1. The quantitative estimate of drug-likeness (QED) is 0.800. The molecule has 0 spiro atoms. The average molecular weight is 390 g/mol. The second-order valence-corrected chi connectivity index (χ2v) is 6.87. The van der Waals surface area contributed by atoms with E-state index in [2.05, 4.69) is 4.98 Å². The predicted octanol–water partition coefficient (Wildman–Crippen LogP) is 3.21. The molecule has 27 heavy (non-hydrogen) atoms. The lowest BCUT2D eigenvalue weighted by Crippen LogP contribution is -2.42. The van der Waals surface area contributed by atoms with Gasteiger partial charge in [-0.15, -0.1) is 0 Å². The minimum absolute atomic E-state index is 0.00701. The molecule has 0 saturated carbocycles. The first-order chi connectivity index (χ1) is 12.4. The van der Waals surface area contributed by atoms with E-state index in [0.29, 0.717) is 0 Å². The van der Waals surface area contributed by atoms with Crippen molar-refractivity contribution in [3.63, 3.8) is 0 Å². The van der Waals surface area contributed by atoms with Gasteiger partial charge in [0, 0.05) is 39.0 Å². The molecule has 1 saturated heterocycles. The second-order valence-electron chi connectivity index (χ2n) is 6.87. The van der Waals surface area contributed by atoms with Crippen LogP contribution in [0.1, 0.15) is 36.9 Å². The minimum Gasteiger partial charge on any atom is -0.342 e. The first-order valence-electron chi connectivity index (χ1n) is 8.41. The maximum atomic E-state index is 13.4. The van der Waals surface area contributed by atoms with Gasteiger partial charge in [-0.25, -0.2) is 13.8 Å². The lowest BCUT2D eigenvalue weighted by Gasteiger charge is -2.33. The van der Waals surface area contributed by atoms with Gasteiger partial charge in [-0.1, -0.05) is 0 Å². The summed E-state index contributed by atoms with van der Waals surface area (Å²) in [6, 6.07) is 0.839. The van der Waals surface area contributed by atoms with E-state index >= 15 is 0 Å². The SMILES string of the molecule is C[C@@H](N)c1cc(C(F)(F)F)cc2c(=O)n(C)c(N3CCC(F)(F)CC3)nc12. The zero-order valence-electron chi connectivity index (χ0n) is 14.8. The Labute approximate surface area is 151 Å². The molecule has 1 aromatic carbocycles. The van der Waals surface area contributed by atoms with Gasteiger partial charge in [0.2, 0.25) is 5.95 Å². The van der Waals surface area contributed by atoms with Crippen LogP contribution < -0.4 is 16.2 Å². The molecule has 1 fully saturated rings. The zero-order chi connectivity index (χ0) is 20.1. The third-order valence-electron chi connectivity index (χ3n) is 4.78. The summed E-state index contributed by atoms with van der Waals surface area (Å²) < 4.78 is 67.5. The number of nitrogens with zero attached hydrogens (tertiary/aromatic N) is 3. The molecule has 0 bridgehead atoms. The van der Waals surface area contributed by atoms with E-state index in [1.807, 2.05) is 0 Å². The van der Waals surface area contributed by atoms with Gasteiger partial charge in [0.05, 0.1) is 16.5 Å². The Bertz CT molecular complexity index is 926. The highest BCUT2D eigenvalue weighted by Crippen LogP contribution is 2.35. The molecule has 1 atom stereocenters. The average Bonchev–Trinajstić information content (AvgIpc) is 2.56. The summed E-state index contributed by atoms with van der Waals surface area (Å²) >= 11 is 0. The molecular formula is C17H19F5N4O. The number of aromatic nitrogens is 2. The number of anilines is 1. The molecule has 2 heterocycles. The van der Waals surface area contributed by atoms with Crippen molar-refractivity contribution >= 4 is 16.9 Å². The number of nitrogens with two attached hydrogens (primary N) is 1. The third-order valence-corrected chi connectivity index (χ3v) is 4.78. The minimum atomic E-state index is -4.64. The number of hydrogen-bond acceptors (Lipinski definition) is 4. The van der Waals surface area contributed by atoms with E-state index in [0.717, 1.165) is 16.7 Å². The topological polar surface area (TPSA) is 64.2 Å². The number of halogens is 5. The molecule has 2 N–H and O–H groups in total. The summed E-state index contributed by atoms with van der Waals surface area (Å²) in [5, 5.41) is -0.203. The van der Waals surface area contributed by atoms with E-state index < -0.39 is 29.3 Å². The number of fused-ring (bicyclic) bond motifs is 1. The lowest BCUT2D eigenvalue weighted by atomic mass is 10.0. The van der Waals surface area contributed by atoms with E-state index in [1.165, 1.54) is 14.0 Å². The first-order valence-corrected chi connectivity index (χ1v) is 8.41. The molecule has 10 heteroatoms. The molecule has 1 aromatic heterocycles. The van der Waals surface area contributed by atoms with Crippen LogP contribution in [0.25, 0.3) is 10.9 Å². The summed E-state index contributed by atoms with van der Waals surface area (Å²) in [5.41, 5.74) is 4.30. The number of hydrogen-bond donors (Lipinski definition) is 1. The fourth-order valence-corrected chi connectivity index (χ4v) is 3.22. The maximum Gasteiger partial charge on any atom is 0.416 e. The summed E-state index contributed by atoms with van der Waals surface area (Å²) in [6.07, 6.45) is -5.40. The Kier molecular flexibility index (Phi) is 4.65. The van der Waals surface area contributed by atoms with Crippen LogP contribution in [0.15, 0.2) is 16.9 Å². The van der Waals surface area contributed by atoms with Crippen LogP contribution in [0.2, 0.25) is 0 Å². The van der Waals surface area contributed by atoms with Crippen LogP contribution >= 0.6 is 0 Å². The summed E-state index contributed by atoms with van der Waals surface area (Å²) in [5.74, 6) is -2.63. The van der Waals surface area contributed by atoms with Crippen molar-refractivity contribution < 1.29 is 22.0 Å². The van der Waals surface area contributed by atoms with E-state index in [4.69, 9.17) is 5.73 Å². The van der Waals surface area contributed by atoms with Gasteiger partial charge in [-0.3, -0.25) is 9.36 Å². The molecule has 5 nitrogen and oxygen atoms in total. The van der Waals surface area contributed by atoms with Gasteiger partial charge in [-0.05, 0) is 24.6 Å². The van der Waals surface area contributed by atoms with Crippen LogP contribution in [0.3, 0.4) is 0 Å². The van der Waals surface area contributed by atoms with Crippen LogP contribution in [-0.2, 0) is 13.2 Å². The van der Waals surface area contributed by atoms with Crippen LogP contribution in [0.5, 0.6) is 0 Å². The highest BCUT2D eigenvalue weighted by atomic mass is 19.4. The van der Waals surface area contributed by atoms with Gasteiger partial charge < -0.3 is 10.6 Å². The molecule has 0 amide bonds. The molecule has 3 rings (SSSR count). The zero-order valence-corrected chi connectivity index (χ0v) is 14.8. The van der Waals surface area contributed by atoms with Crippen LogP contribution in [0, 0.1) is 0 Å². The Morgan fingerprint density at radius 1 is 1.22 bits per heavy atom. The summed E-state index contributed by atoms with van der Waals surface area (Å²) in [7, 11) is 1.36. The smallest absolute Gasteiger partial charge is 0.342 e. The third kappa shape index (κ3) is 3.62. The molecule has 0 aliphatic carbocycles. The molecule has 1 aliphatic heterocycles. The monoisotopic (exact) mass is 390 g/mol. The molecule has 148 valence electrons. The van der Waals surface area contributed by atoms with Crippen LogP contribution in [-0.4, -0.2) is 28.6 Å². The van der Waals surface area contributed by atoms with E-state index in [1.54, 1.807) is 4.90 Å². The largest absolute Gasteiger partial charge is 0.416 e. The van der Waals surface area contributed by atoms with Gasteiger partial charge in [0.15, 0.2) is 0 Å². The van der Waals surface area contributed by atoms with Crippen LogP contribution in [0.4, 0.5) is 27.9 Å². The Balaban J connectivity index is 2.21. The normalized spacial score (nSPS) is 18.7. The number of rotatable bonds is 2. The lowest BCUT2D eigenvalue weighted by molar-refractivity contribution is -0.137. The molecule has 0 unspecified atom stereocenters. The second kappa shape index (κ2) is 6.43. The predicted molar refractivity (Wildman–Crippen MR) is 91.0 cm³/mol. The highest BCUT2D eigenvalue weighted by molar-refractivity contribution is 5.83. The van der Waals surface area contributed by atoms with Crippen molar-refractivity contribution in [1.82, 2.24) is 9.55 Å². The van der Waals surface area contributed by atoms with Crippen molar-refractivity contribution in [1.29, 1.82) is 0 Å². The summed E-state index contributed by atoms with van der Waals surface area (Å²) in [6.45, 7) is 1.48. The van der Waals surface area contributed by atoms with E-state index in [9.17, 15) is 26.7 Å². The Morgan fingerprint density at radius 3 is 2.33 bits per heavy atom. The van der Waals surface area contributed by atoms with Crippen molar-refractivity contribution in [3.05, 3.63) is 33.6 Å². The van der Waals surface area contributed by atoms with Gasteiger partial charge in [0.1, 0.15) is 0 Å². The Hall–Kier alpha value is -2.23. The first kappa shape index (κ1) is 19.5.